The van der Waals surface area contributed by atoms with Gasteiger partial charge in [0.25, 0.3) is 11.8 Å². The van der Waals surface area contributed by atoms with E-state index < -0.39 is 0 Å². The number of hydrogen-bond donors (Lipinski definition) is 2. The maximum atomic E-state index is 12.3. The van der Waals surface area contributed by atoms with Crippen molar-refractivity contribution in [2.45, 2.75) is 38.6 Å². The van der Waals surface area contributed by atoms with Crippen LogP contribution in [0.2, 0.25) is 0 Å². The number of aromatic nitrogens is 2. The number of carbonyl (C=O) groups excluding carboxylic acids is 2. The van der Waals surface area contributed by atoms with Gasteiger partial charge in [-0.2, -0.15) is 0 Å². The van der Waals surface area contributed by atoms with Gasteiger partial charge in [-0.25, -0.2) is 0 Å². The molecule has 0 fully saturated rings. The van der Waals surface area contributed by atoms with Crippen molar-refractivity contribution in [3.05, 3.63) is 71.3 Å². The minimum atomic E-state index is -0.256. The highest BCUT2D eigenvalue weighted by molar-refractivity contribution is 5.98. The molecule has 2 aromatic heterocycles. The summed E-state index contributed by atoms with van der Waals surface area (Å²) in [5.41, 5.74) is 2.99. The number of nitrogens with one attached hydrogen (secondary N) is 2. The molecule has 1 aliphatic carbocycles. The average molecular weight is 364 g/mol. The molecule has 0 aromatic carbocycles. The van der Waals surface area contributed by atoms with E-state index in [0.717, 1.165) is 24.8 Å². The van der Waals surface area contributed by atoms with E-state index in [2.05, 4.69) is 26.7 Å². The SMILES string of the molecule is O=C(NCc1cccnc1)c1ccnc(C(=O)NCCC2=CCCCC2)c1. The summed E-state index contributed by atoms with van der Waals surface area (Å²) in [7, 11) is 0. The quantitative estimate of drug-likeness (QED) is 0.740. The lowest BCUT2D eigenvalue weighted by Crippen LogP contribution is -2.27. The fraction of sp³-hybridized carbons (Fsp3) is 0.333. The van der Waals surface area contributed by atoms with Crippen molar-refractivity contribution in [3.63, 3.8) is 0 Å². The second-order valence-electron chi connectivity index (χ2n) is 6.59. The maximum Gasteiger partial charge on any atom is 0.269 e. The highest BCUT2D eigenvalue weighted by Crippen LogP contribution is 2.19. The van der Waals surface area contributed by atoms with Crippen LogP contribution in [-0.4, -0.2) is 28.3 Å². The Morgan fingerprint density at radius 3 is 2.78 bits per heavy atom. The predicted molar refractivity (Wildman–Crippen MR) is 103 cm³/mol. The molecular formula is C21H24N4O2. The summed E-state index contributed by atoms with van der Waals surface area (Å²) in [6.07, 6.45) is 12.8. The van der Waals surface area contributed by atoms with Crippen LogP contribution < -0.4 is 10.6 Å². The molecule has 2 N–H and O–H groups in total. The Hall–Kier alpha value is -3.02. The minimum absolute atomic E-state index is 0.248. The zero-order valence-corrected chi connectivity index (χ0v) is 15.3. The molecule has 2 heterocycles. The van der Waals surface area contributed by atoms with Crippen LogP contribution >= 0.6 is 0 Å². The molecule has 0 radical (unpaired) electrons. The number of allylic oxidation sites excluding steroid dienone is 1. The molecule has 3 rings (SSSR count). The highest BCUT2D eigenvalue weighted by Gasteiger charge is 2.12. The van der Waals surface area contributed by atoms with Gasteiger partial charge in [-0.05, 0) is 55.9 Å². The molecule has 6 heteroatoms. The summed E-state index contributed by atoms with van der Waals surface area (Å²) in [5, 5.41) is 5.71. The third-order valence-electron chi connectivity index (χ3n) is 4.55. The summed E-state index contributed by atoms with van der Waals surface area (Å²) in [6, 6.07) is 6.83. The maximum absolute atomic E-state index is 12.3. The van der Waals surface area contributed by atoms with Crippen molar-refractivity contribution in [2.75, 3.05) is 6.54 Å². The number of nitrogens with zero attached hydrogens (tertiary/aromatic N) is 2. The summed E-state index contributed by atoms with van der Waals surface area (Å²) in [5.74, 6) is -0.504. The standard InChI is InChI=1S/C21H24N4O2/c26-20(25-15-17-7-4-10-22-14-17)18-9-12-23-19(13-18)21(27)24-11-8-16-5-2-1-3-6-16/h4-5,7,9-10,12-14H,1-3,6,8,11,15H2,(H,24,27)(H,25,26). The number of amides is 2. The summed E-state index contributed by atoms with van der Waals surface area (Å²) < 4.78 is 0. The van der Waals surface area contributed by atoms with E-state index in [9.17, 15) is 9.59 Å². The van der Waals surface area contributed by atoms with E-state index in [1.165, 1.54) is 30.7 Å². The first kappa shape index (κ1) is 18.8. The normalized spacial score (nSPS) is 13.6. The number of pyridine rings is 2. The Kier molecular flexibility index (Phi) is 6.68. The van der Waals surface area contributed by atoms with Gasteiger partial charge in [-0.1, -0.05) is 17.7 Å². The molecule has 1 aliphatic rings. The number of carbonyl (C=O) groups is 2. The van der Waals surface area contributed by atoms with Gasteiger partial charge in [0.2, 0.25) is 0 Å². The second-order valence-corrected chi connectivity index (χ2v) is 6.59. The molecule has 140 valence electrons. The van der Waals surface area contributed by atoms with Gasteiger partial charge in [-0.15, -0.1) is 0 Å². The smallest absolute Gasteiger partial charge is 0.269 e. The molecule has 0 atom stereocenters. The van der Waals surface area contributed by atoms with Crippen LogP contribution in [0.25, 0.3) is 0 Å². The summed E-state index contributed by atoms with van der Waals surface area (Å²) >= 11 is 0. The van der Waals surface area contributed by atoms with Crippen LogP contribution in [0.15, 0.2) is 54.5 Å². The van der Waals surface area contributed by atoms with E-state index in [0.29, 0.717) is 18.7 Å². The Balaban J connectivity index is 1.51. The number of hydrogen-bond acceptors (Lipinski definition) is 4. The second kappa shape index (κ2) is 9.62. The first-order valence-electron chi connectivity index (χ1n) is 9.31. The molecular weight excluding hydrogens is 340 g/mol. The van der Waals surface area contributed by atoms with Gasteiger partial charge in [0.1, 0.15) is 5.69 Å². The van der Waals surface area contributed by atoms with Gasteiger partial charge in [0, 0.05) is 37.2 Å². The van der Waals surface area contributed by atoms with Crippen molar-refractivity contribution in [1.82, 2.24) is 20.6 Å². The van der Waals surface area contributed by atoms with E-state index in [1.807, 2.05) is 12.1 Å². The third-order valence-corrected chi connectivity index (χ3v) is 4.55. The molecule has 0 unspecified atom stereocenters. The van der Waals surface area contributed by atoms with Crippen LogP contribution in [0.3, 0.4) is 0 Å². The van der Waals surface area contributed by atoms with Gasteiger partial charge < -0.3 is 10.6 Å². The Labute approximate surface area is 159 Å². The minimum Gasteiger partial charge on any atom is -0.350 e. The lowest BCUT2D eigenvalue weighted by molar-refractivity contribution is 0.0949. The third kappa shape index (κ3) is 5.74. The van der Waals surface area contributed by atoms with Crippen LogP contribution in [0.4, 0.5) is 0 Å². The topological polar surface area (TPSA) is 84.0 Å². The summed E-state index contributed by atoms with van der Waals surface area (Å²) in [4.78, 5) is 32.7. The van der Waals surface area contributed by atoms with E-state index in [1.54, 1.807) is 18.5 Å². The van der Waals surface area contributed by atoms with Gasteiger partial charge >= 0.3 is 0 Å². The molecule has 0 saturated carbocycles. The van der Waals surface area contributed by atoms with Gasteiger partial charge in [0.05, 0.1) is 0 Å². The monoisotopic (exact) mass is 364 g/mol. The molecule has 27 heavy (non-hydrogen) atoms. The van der Waals surface area contributed by atoms with E-state index in [-0.39, 0.29) is 17.5 Å². The average Bonchev–Trinajstić information content (AvgIpc) is 2.73. The Morgan fingerprint density at radius 2 is 2.00 bits per heavy atom. The molecule has 0 aliphatic heterocycles. The predicted octanol–water partition coefficient (Wildman–Crippen LogP) is 3.03. The van der Waals surface area contributed by atoms with Crippen molar-refractivity contribution in [1.29, 1.82) is 0 Å². The molecule has 0 saturated heterocycles. The summed E-state index contributed by atoms with van der Waals surface area (Å²) in [6.45, 7) is 0.968. The van der Waals surface area contributed by atoms with Crippen molar-refractivity contribution >= 4 is 11.8 Å². The molecule has 0 spiro atoms. The lowest BCUT2D eigenvalue weighted by Gasteiger charge is -2.13. The molecule has 2 aromatic rings. The Bertz CT molecular complexity index is 818. The largest absolute Gasteiger partial charge is 0.350 e. The highest BCUT2D eigenvalue weighted by atomic mass is 16.2. The first-order valence-corrected chi connectivity index (χ1v) is 9.31. The Morgan fingerprint density at radius 1 is 1.07 bits per heavy atom. The van der Waals surface area contributed by atoms with Crippen molar-refractivity contribution in [2.24, 2.45) is 0 Å². The van der Waals surface area contributed by atoms with Crippen molar-refractivity contribution in [3.8, 4) is 0 Å². The van der Waals surface area contributed by atoms with Crippen LogP contribution in [-0.2, 0) is 6.54 Å². The van der Waals surface area contributed by atoms with Gasteiger partial charge in [-0.3, -0.25) is 19.6 Å². The molecule has 6 nitrogen and oxygen atoms in total. The van der Waals surface area contributed by atoms with Gasteiger partial charge in [0.15, 0.2) is 0 Å². The van der Waals surface area contributed by atoms with Crippen LogP contribution in [0.5, 0.6) is 0 Å². The van der Waals surface area contributed by atoms with E-state index in [4.69, 9.17) is 0 Å². The number of rotatable bonds is 7. The van der Waals surface area contributed by atoms with Crippen LogP contribution in [0.1, 0.15) is 58.5 Å². The molecule has 2 amide bonds. The first-order chi connectivity index (χ1) is 13.2. The molecule has 0 bridgehead atoms. The lowest BCUT2D eigenvalue weighted by atomic mass is 9.97. The van der Waals surface area contributed by atoms with Crippen LogP contribution in [0, 0.1) is 0 Å². The fourth-order valence-electron chi connectivity index (χ4n) is 3.04. The van der Waals surface area contributed by atoms with Crippen molar-refractivity contribution < 1.29 is 9.59 Å². The fourth-order valence-corrected chi connectivity index (χ4v) is 3.04. The zero-order chi connectivity index (χ0) is 18.9. The zero-order valence-electron chi connectivity index (χ0n) is 15.3. The van der Waals surface area contributed by atoms with E-state index >= 15 is 0 Å².